The Morgan fingerprint density at radius 1 is 1.25 bits per heavy atom. The lowest BCUT2D eigenvalue weighted by atomic mass is 9.82. The van der Waals surface area contributed by atoms with E-state index in [1.807, 2.05) is 26.0 Å². The molecule has 2 rings (SSSR count). The summed E-state index contributed by atoms with van der Waals surface area (Å²) >= 11 is 0. The number of carbonyl (C=O) groups is 2. The van der Waals surface area contributed by atoms with Crippen LogP contribution in [0.4, 0.5) is 0 Å². The second kappa shape index (κ2) is 3.92. The van der Waals surface area contributed by atoms with E-state index in [1.54, 1.807) is 0 Å². The van der Waals surface area contributed by atoms with E-state index in [4.69, 9.17) is 0 Å². The minimum absolute atomic E-state index is 0.0467. The van der Waals surface area contributed by atoms with Gasteiger partial charge in [0, 0.05) is 6.04 Å². The molecule has 0 spiro atoms. The van der Waals surface area contributed by atoms with Crippen LogP contribution >= 0.6 is 0 Å². The maximum atomic E-state index is 12.0. The summed E-state index contributed by atoms with van der Waals surface area (Å²) < 4.78 is 0. The zero-order chi connectivity index (χ0) is 11.9. The zero-order valence-corrected chi connectivity index (χ0v) is 9.51. The molecule has 4 atom stereocenters. The average molecular weight is 223 g/mol. The summed E-state index contributed by atoms with van der Waals surface area (Å²) in [5, 5.41) is 12.0. The van der Waals surface area contributed by atoms with E-state index in [-0.39, 0.29) is 29.7 Å². The molecule has 2 aliphatic rings. The zero-order valence-electron chi connectivity index (χ0n) is 9.51. The van der Waals surface area contributed by atoms with Crippen LogP contribution in [-0.4, -0.2) is 23.0 Å². The Hall–Kier alpha value is -1.32. The van der Waals surface area contributed by atoms with Crippen LogP contribution in [0.2, 0.25) is 0 Å². The fourth-order valence-electron chi connectivity index (χ4n) is 2.90. The van der Waals surface area contributed by atoms with Crippen molar-refractivity contribution in [2.45, 2.75) is 26.3 Å². The second-order valence-electron chi connectivity index (χ2n) is 5.00. The third-order valence-electron chi connectivity index (χ3n) is 3.48. The summed E-state index contributed by atoms with van der Waals surface area (Å²) in [6.45, 7) is 3.77. The Labute approximate surface area is 94.7 Å². The maximum absolute atomic E-state index is 12.0. The highest BCUT2D eigenvalue weighted by Crippen LogP contribution is 2.48. The number of hydrogen-bond donors (Lipinski definition) is 2. The molecule has 0 aromatic rings. The normalized spacial score (nSPS) is 35.7. The van der Waals surface area contributed by atoms with E-state index in [1.165, 1.54) is 0 Å². The first-order valence-electron chi connectivity index (χ1n) is 5.72. The number of amides is 1. The smallest absolute Gasteiger partial charge is 0.307 e. The molecule has 0 heterocycles. The molecule has 2 N–H and O–H groups in total. The van der Waals surface area contributed by atoms with Crippen LogP contribution in [0.15, 0.2) is 12.2 Å². The van der Waals surface area contributed by atoms with Gasteiger partial charge >= 0.3 is 5.97 Å². The molecule has 0 unspecified atom stereocenters. The number of fused-ring (bicyclic) bond motifs is 2. The van der Waals surface area contributed by atoms with Gasteiger partial charge in [0.2, 0.25) is 5.91 Å². The molecule has 0 saturated heterocycles. The standard InChI is InChI=1S/C12H17NO3/c1-6(2)13-11(14)9-7-3-4-8(5-7)10(9)12(15)16/h3-4,6-10H,5H2,1-2H3,(H,13,14)(H,15,16)/t7-,8-,9+,10-/m0/s1. The Balaban J connectivity index is 2.16. The lowest BCUT2D eigenvalue weighted by molar-refractivity contribution is -0.147. The fourth-order valence-corrected chi connectivity index (χ4v) is 2.90. The van der Waals surface area contributed by atoms with Gasteiger partial charge in [-0.1, -0.05) is 12.2 Å². The molecule has 88 valence electrons. The van der Waals surface area contributed by atoms with E-state index >= 15 is 0 Å². The van der Waals surface area contributed by atoms with Crippen molar-refractivity contribution < 1.29 is 14.7 Å². The summed E-state index contributed by atoms with van der Waals surface area (Å²) in [5.74, 6) is -1.71. The predicted octanol–water partition coefficient (Wildman–Crippen LogP) is 1.03. The monoisotopic (exact) mass is 223 g/mol. The quantitative estimate of drug-likeness (QED) is 0.702. The van der Waals surface area contributed by atoms with Gasteiger partial charge in [-0.3, -0.25) is 9.59 Å². The number of nitrogens with one attached hydrogen (secondary N) is 1. The van der Waals surface area contributed by atoms with Gasteiger partial charge in [0.1, 0.15) is 0 Å². The number of rotatable bonds is 3. The molecule has 2 bridgehead atoms. The summed E-state index contributed by atoms with van der Waals surface area (Å²) in [6.07, 6.45) is 4.75. The second-order valence-corrected chi connectivity index (χ2v) is 5.00. The number of carbonyl (C=O) groups excluding carboxylic acids is 1. The molecule has 4 heteroatoms. The Kier molecular flexibility index (Phi) is 2.74. The Morgan fingerprint density at radius 2 is 1.81 bits per heavy atom. The third-order valence-corrected chi connectivity index (χ3v) is 3.48. The molecular formula is C12H17NO3. The van der Waals surface area contributed by atoms with Gasteiger partial charge in [0.15, 0.2) is 0 Å². The molecule has 4 nitrogen and oxygen atoms in total. The molecule has 16 heavy (non-hydrogen) atoms. The summed E-state index contributed by atoms with van der Waals surface area (Å²) in [6, 6.07) is 0.0602. The minimum Gasteiger partial charge on any atom is -0.481 e. The van der Waals surface area contributed by atoms with Crippen molar-refractivity contribution in [3.63, 3.8) is 0 Å². The first-order chi connectivity index (χ1) is 7.50. The lowest BCUT2D eigenvalue weighted by Gasteiger charge is -2.24. The van der Waals surface area contributed by atoms with Gasteiger partial charge in [0.05, 0.1) is 11.8 Å². The van der Waals surface area contributed by atoms with E-state index in [2.05, 4.69) is 5.32 Å². The van der Waals surface area contributed by atoms with Crippen LogP contribution in [-0.2, 0) is 9.59 Å². The highest BCUT2D eigenvalue weighted by Gasteiger charge is 2.51. The van der Waals surface area contributed by atoms with Gasteiger partial charge < -0.3 is 10.4 Å². The molecule has 0 radical (unpaired) electrons. The van der Waals surface area contributed by atoms with Gasteiger partial charge in [-0.25, -0.2) is 0 Å². The van der Waals surface area contributed by atoms with Crippen molar-refractivity contribution in [1.82, 2.24) is 5.32 Å². The molecule has 1 fully saturated rings. The van der Waals surface area contributed by atoms with Crippen molar-refractivity contribution in [1.29, 1.82) is 0 Å². The predicted molar refractivity (Wildman–Crippen MR) is 58.6 cm³/mol. The van der Waals surface area contributed by atoms with Gasteiger partial charge in [-0.05, 0) is 32.1 Å². The highest BCUT2D eigenvalue weighted by atomic mass is 16.4. The van der Waals surface area contributed by atoms with Crippen LogP contribution in [0.3, 0.4) is 0 Å². The van der Waals surface area contributed by atoms with Gasteiger partial charge in [0.25, 0.3) is 0 Å². The Bertz CT molecular complexity index is 348. The third kappa shape index (κ3) is 1.72. The summed E-state index contributed by atoms with van der Waals surface area (Å²) in [5.41, 5.74) is 0. The van der Waals surface area contributed by atoms with Gasteiger partial charge in [-0.2, -0.15) is 0 Å². The number of carboxylic acid groups (broad SMARTS) is 1. The summed E-state index contributed by atoms with van der Waals surface area (Å²) in [7, 11) is 0. The largest absolute Gasteiger partial charge is 0.481 e. The van der Waals surface area contributed by atoms with E-state index < -0.39 is 11.9 Å². The van der Waals surface area contributed by atoms with Crippen LogP contribution in [0.1, 0.15) is 20.3 Å². The van der Waals surface area contributed by atoms with Crippen LogP contribution in [0.5, 0.6) is 0 Å². The molecule has 0 aliphatic heterocycles. The van der Waals surface area contributed by atoms with Crippen molar-refractivity contribution in [3.05, 3.63) is 12.2 Å². The van der Waals surface area contributed by atoms with Gasteiger partial charge in [-0.15, -0.1) is 0 Å². The van der Waals surface area contributed by atoms with Crippen molar-refractivity contribution in [3.8, 4) is 0 Å². The van der Waals surface area contributed by atoms with E-state index in [0.717, 1.165) is 6.42 Å². The molecular weight excluding hydrogens is 206 g/mol. The first kappa shape index (κ1) is 11.2. The van der Waals surface area contributed by atoms with Crippen molar-refractivity contribution in [2.75, 3.05) is 0 Å². The molecule has 0 aromatic carbocycles. The molecule has 1 amide bonds. The number of allylic oxidation sites excluding steroid dienone is 2. The Morgan fingerprint density at radius 3 is 2.31 bits per heavy atom. The SMILES string of the molecule is CC(C)NC(=O)[C@H]1[C@@H](C(=O)O)[C@H]2C=C[C@H]1C2. The lowest BCUT2D eigenvalue weighted by Crippen LogP contribution is -2.42. The fraction of sp³-hybridized carbons (Fsp3) is 0.667. The van der Waals surface area contributed by atoms with E-state index in [0.29, 0.717) is 0 Å². The van der Waals surface area contributed by atoms with Crippen molar-refractivity contribution in [2.24, 2.45) is 23.7 Å². The average Bonchev–Trinajstić information content (AvgIpc) is 2.74. The van der Waals surface area contributed by atoms with Crippen molar-refractivity contribution >= 4 is 11.9 Å². The number of aliphatic carboxylic acids is 1. The highest BCUT2D eigenvalue weighted by molar-refractivity contribution is 5.86. The number of hydrogen-bond acceptors (Lipinski definition) is 2. The maximum Gasteiger partial charge on any atom is 0.307 e. The molecule has 2 aliphatic carbocycles. The van der Waals surface area contributed by atoms with Crippen LogP contribution < -0.4 is 5.32 Å². The van der Waals surface area contributed by atoms with Crippen LogP contribution in [0.25, 0.3) is 0 Å². The molecule has 1 saturated carbocycles. The summed E-state index contributed by atoms with van der Waals surface area (Å²) in [4.78, 5) is 23.1. The first-order valence-corrected chi connectivity index (χ1v) is 5.72. The van der Waals surface area contributed by atoms with E-state index in [9.17, 15) is 14.7 Å². The molecule has 0 aromatic heterocycles. The topological polar surface area (TPSA) is 66.4 Å². The van der Waals surface area contributed by atoms with Crippen LogP contribution in [0, 0.1) is 23.7 Å². The minimum atomic E-state index is -0.847. The number of carboxylic acids is 1.